The molecule has 1 unspecified atom stereocenters. The molecule has 1 amide bonds. The van der Waals surface area contributed by atoms with Gasteiger partial charge in [-0.05, 0) is 26.3 Å². The number of amides is 1. The summed E-state index contributed by atoms with van der Waals surface area (Å²) in [4.78, 5) is 59.7. The molecule has 1 saturated heterocycles. The lowest BCUT2D eigenvalue weighted by molar-refractivity contribution is -0.156. The number of cyclic esters (lactones) is 2. The molecule has 16 heteroatoms. The number of nitrogens with two attached hydrogens (primary N) is 1. The van der Waals surface area contributed by atoms with Gasteiger partial charge >= 0.3 is 17.9 Å². The van der Waals surface area contributed by atoms with Gasteiger partial charge < -0.3 is 48.5 Å². The van der Waals surface area contributed by atoms with Gasteiger partial charge in [0.15, 0.2) is 17.3 Å². The van der Waals surface area contributed by atoms with Crippen LogP contribution in [0.2, 0.25) is 0 Å². The van der Waals surface area contributed by atoms with Crippen LogP contribution >= 0.6 is 0 Å². The third-order valence-corrected chi connectivity index (χ3v) is 10.7. The Hall–Kier alpha value is -5.68. The molecule has 2 aliphatic heterocycles. The molecule has 2 aliphatic rings. The molecule has 4 heterocycles. The zero-order chi connectivity index (χ0) is 46.2. The van der Waals surface area contributed by atoms with Crippen LogP contribution in [-0.2, 0) is 39.7 Å². The summed E-state index contributed by atoms with van der Waals surface area (Å²) in [5.74, 6) is -2.42. The van der Waals surface area contributed by atoms with Gasteiger partial charge in [0.2, 0.25) is 11.8 Å². The fraction of sp³-hybridized carbons (Fsp3) is 0.489. The van der Waals surface area contributed by atoms with E-state index in [-0.39, 0.29) is 73.9 Å². The first-order valence-electron chi connectivity index (χ1n) is 20.9. The van der Waals surface area contributed by atoms with E-state index in [1.165, 1.54) is 19.6 Å². The summed E-state index contributed by atoms with van der Waals surface area (Å²) < 4.78 is 40.3. The fourth-order valence-electron chi connectivity index (χ4n) is 6.47. The predicted octanol–water partition coefficient (Wildman–Crippen LogP) is 6.26. The highest BCUT2D eigenvalue weighted by atomic mass is 16.6. The third-order valence-electron chi connectivity index (χ3n) is 10.7. The van der Waals surface area contributed by atoms with E-state index >= 15 is 0 Å². The molecule has 63 heavy (non-hydrogen) atoms. The van der Waals surface area contributed by atoms with Crippen LogP contribution in [0.4, 0.5) is 0 Å². The first-order valence-corrected chi connectivity index (χ1v) is 20.9. The molecule has 0 radical (unpaired) electrons. The lowest BCUT2D eigenvalue weighted by atomic mass is 9.78. The van der Waals surface area contributed by atoms with Crippen molar-refractivity contribution in [2.75, 3.05) is 7.11 Å². The maximum atomic E-state index is 13.7. The normalized spacial score (nSPS) is 26.9. The van der Waals surface area contributed by atoms with Crippen LogP contribution < -0.4 is 5.73 Å². The number of aliphatic hydroxyl groups is 2. The Labute approximate surface area is 368 Å². The quantitative estimate of drug-likeness (QED) is 0.0977. The SMILES string of the molecule is C/C=C/[C@H](OC(=O)CCC(N)=O)C(C)(C)[C@@H]1C/C=C\[C@H]2O[C@H]2/C=C/C=C\c2nc(co2)C(=O)O[C@H](C(C)(C)[C@@H](O)/C=C/C)C/C=C\CC(O)/C=C/[C@H](OC)Cc2nc(co2)C(=O)O1. The van der Waals surface area contributed by atoms with Gasteiger partial charge in [0.25, 0.3) is 0 Å². The minimum Gasteiger partial charge on any atom is -0.457 e. The van der Waals surface area contributed by atoms with Crippen molar-refractivity contribution in [1.29, 1.82) is 0 Å². The maximum Gasteiger partial charge on any atom is 0.360 e. The van der Waals surface area contributed by atoms with Crippen molar-refractivity contribution in [2.24, 2.45) is 16.6 Å². The Kier molecular flexibility index (Phi) is 18.8. The summed E-state index contributed by atoms with van der Waals surface area (Å²) in [6.07, 6.45) is 21.4. The molecule has 1 fully saturated rings. The molecule has 0 aliphatic carbocycles. The van der Waals surface area contributed by atoms with Crippen molar-refractivity contribution in [3.05, 3.63) is 115 Å². The van der Waals surface area contributed by atoms with Gasteiger partial charge in [-0.2, -0.15) is 0 Å². The summed E-state index contributed by atoms with van der Waals surface area (Å²) in [5.41, 5.74) is 3.21. The van der Waals surface area contributed by atoms with Crippen LogP contribution in [0, 0.1) is 10.8 Å². The Balaban J connectivity index is 1.61. The number of rotatable bonds is 11. The number of epoxide rings is 1. The van der Waals surface area contributed by atoms with Gasteiger partial charge in [0.1, 0.15) is 43.0 Å². The summed E-state index contributed by atoms with van der Waals surface area (Å²) in [6.45, 7) is 10.7. The maximum absolute atomic E-state index is 13.7. The number of allylic oxidation sites excluding steroid dienone is 4. The Morgan fingerprint density at radius 1 is 0.841 bits per heavy atom. The molecule has 4 rings (SSSR count). The highest BCUT2D eigenvalue weighted by Crippen LogP contribution is 2.36. The summed E-state index contributed by atoms with van der Waals surface area (Å²) in [6, 6.07) is 0. The number of methoxy groups -OCH3 is 1. The predicted molar refractivity (Wildman–Crippen MR) is 232 cm³/mol. The number of carbonyl (C=O) groups is 4. The fourth-order valence-corrected chi connectivity index (χ4v) is 6.47. The van der Waals surface area contributed by atoms with Gasteiger partial charge in [0, 0.05) is 43.3 Å². The Bertz CT molecular complexity index is 2050. The minimum atomic E-state index is -1.000. The number of esters is 3. The van der Waals surface area contributed by atoms with Crippen molar-refractivity contribution in [3.8, 4) is 0 Å². The first-order chi connectivity index (χ1) is 30.0. The average Bonchev–Trinajstić information content (AvgIpc) is 3.55. The standard InChI is InChI=1S/C47H61N3O13/c1-8-15-36(52)46(3,4)38-20-12-10-17-30(51)23-24-31(57-7)27-42-50-33(29-59-42)45(56)63-39(47(5,6)37(16-9-2)61-43(54)26-25-40(48)53)21-14-19-35-34(60-35)18-11-13-22-41-49-32(28-58-41)44(55)62-38/h8-16,18-19,22-24,28-31,34-39,51-52H,17,20-21,25-27H2,1-7H3,(H2,48,53)/b12-10-,15-8+,16-9+,18-11+,19-14-,22-13-,24-23+/t30?,31-,34-,35+,36-,37-,38-,39-/m0/s1. The molecular weight excluding hydrogens is 815 g/mol. The molecule has 2 aromatic rings. The largest absolute Gasteiger partial charge is 0.457 e. The second-order valence-electron chi connectivity index (χ2n) is 16.3. The van der Waals surface area contributed by atoms with Crippen LogP contribution in [0.1, 0.15) is 106 Å². The lowest BCUT2D eigenvalue weighted by Crippen LogP contribution is -2.44. The average molecular weight is 876 g/mol. The number of aromatic nitrogens is 2. The number of nitrogens with zero attached hydrogens (tertiary/aromatic N) is 2. The van der Waals surface area contributed by atoms with E-state index in [4.69, 9.17) is 38.3 Å². The number of aliphatic hydroxyl groups excluding tert-OH is 2. The van der Waals surface area contributed by atoms with Crippen molar-refractivity contribution >= 4 is 29.9 Å². The van der Waals surface area contributed by atoms with E-state index in [1.807, 2.05) is 18.2 Å². The van der Waals surface area contributed by atoms with E-state index in [2.05, 4.69) is 9.97 Å². The number of carbonyl (C=O) groups excluding carboxylic acids is 4. The summed E-state index contributed by atoms with van der Waals surface area (Å²) >= 11 is 0. The van der Waals surface area contributed by atoms with E-state index in [0.717, 1.165) is 0 Å². The monoisotopic (exact) mass is 875 g/mol. The van der Waals surface area contributed by atoms with E-state index in [1.54, 1.807) is 108 Å². The van der Waals surface area contributed by atoms with E-state index in [9.17, 15) is 29.4 Å². The molecule has 4 N–H and O–H groups in total. The van der Waals surface area contributed by atoms with E-state index < -0.39 is 71.3 Å². The molecular formula is C47H61N3O13. The second kappa shape index (κ2) is 23.7. The molecule has 0 aromatic carbocycles. The van der Waals surface area contributed by atoms with Crippen molar-refractivity contribution < 1.29 is 61.9 Å². The Morgan fingerprint density at radius 3 is 2.16 bits per heavy atom. The first kappa shape index (κ1) is 50.0. The van der Waals surface area contributed by atoms with Crippen LogP contribution in [-0.4, -0.2) is 99.9 Å². The van der Waals surface area contributed by atoms with Gasteiger partial charge in [-0.1, -0.05) is 101 Å². The van der Waals surface area contributed by atoms with Crippen LogP contribution in [0.25, 0.3) is 6.08 Å². The number of fused-ring (bicyclic) bond motifs is 5. The zero-order valence-corrected chi connectivity index (χ0v) is 37.0. The number of oxazole rings is 2. The van der Waals surface area contributed by atoms with Gasteiger partial charge in [-0.25, -0.2) is 19.6 Å². The number of ether oxygens (including phenoxy) is 5. The van der Waals surface area contributed by atoms with Crippen LogP contribution in [0.15, 0.2) is 100 Å². The smallest absolute Gasteiger partial charge is 0.360 e. The lowest BCUT2D eigenvalue weighted by Gasteiger charge is -2.38. The molecule has 0 saturated carbocycles. The molecule has 0 spiro atoms. The highest BCUT2D eigenvalue weighted by molar-refractivity contribution is 5.87. The van der Waals surface area contributed by atoms with Gasteiger partial charge in [0.05, 0.1) is 31.2 Å². The summed E-state index contributed by atoms with van der Waals surface area (Å²) in [7, 11) is 1.49. The number of hydrogen-bond acceptors (Lipinski definition) is 15. The minimum absolute atomic E-state index is 0.0426. The third kappa shape index (κ3) is 15.3. The second-order valence-corrected chi connectivity index (χ2v) is 16.3. The van der Waals surface area contributed by atoms with Crippen molar-refractivity contribution in [1.82, 2.24) is 9.97 Å². The van der Waals surface area contributed by atoms with E-state index in [0.29, 0.717) is 0 Å². The number of hydrogen-bond donors (Lipinski definition) is 3. The molecule has 2 aromatic heterocycles. The van der Waals surface area contributed by atoms with Crippen molar-refractivity contribution in [2.45, 2.75) is 129 Å². The van der Waals surface area contributed by atoms with Gasteiger partial charge in [-0.3, -0.25) is 9.59 Å². The molecule has 16 nitrogen and oxygen atoms in total. The van der Waals surface area contributed by atoms with Crippen LogP contribution in [0.3, 0.4) is 0 Å². The molecule has 4 bridgehead atoms. The van der Waals surface area contributed by atoms with Gasteiger partial charge in [-0.15, -0.1) is 0 Å². The molecule has 342 valence electrons. The van der Waals surface area contributed by atoms with Crippen molar-refractivity contribution in [3.63, 3.8) is 0 Å². The topological polar surface area (TPSA) is 236 Å². The highest BCUT2D eigenvalue weighted by Gasteiger charge is 2.42. The molecule has 8 atom stereocenters. The van der Waals surface area contributed by atoms with Crippen LogP contribution in [0.5, 0.6) is 0 Å². The zero-order valence-electron chi connectivity index (χ0n) is 37.0. The Morgan fingerprint density at radius 2 is 1.48 bits per heavy atom. The number of primary amides is 1. The summed E-state index contributed by atoms with van der Waals surface area (Å²) in [5, 5.41) is 21.7.